The van der Waals surface area contributed by atoms with Gasteiger partial charge in [0.2, 0.25) is 0 Å². The first kappa shape index (κ1) is 12.0. The van der Waals surface area contributed by atoms with Gasteiger partial charge >= 0.3 is 0 Å². The minimum absolute atomic E-state index is 0.286. The molecule has 0 aromatic rings. The van der Waals surface area contributed by atoms with Crippen molar-refractivity contribution in [1.29, 1.82) is 0 Å². The molecule has 1 nitrogen and oxygen atoms in total. The number of hydrogen-bond acceptors (Lipinski definition) is 2. The fraction of sp³-hybridized carbons (Fsp3) is 1.00. The summed E-state index contributed by atoms with van der Waals surface area (Å²) in [6, 6.07) is 0. The van der Waals surface area contributed by atoms with Crippen LogP contribution in [0.1, 0.15) is 27.7 Å². The molecule has 0 spiro atoms. The maximum atomic E-state index is 5.52. The van der Waals surface area contributed by atoms with E-state index in [1.165, 1.54) is 0 Å². The molecule has 0 aliphatic carbocycles. The van der Waals surface area contributed by atoms with Crippen molar-refractivity contribution in [1.82, 2.24) is 5.09 Å². The molecular formula is C7H18NPS2. The van der Waals surface area contributed by atoms with Gasteiger partial charge in [-0.15, -0.1) is 11.4 Å². The van der Waals surface area contributed by atoms with Crippen LogP contribution in [0.15, 0.2) is 0 Å². The fourth-order valence-electron chi connectivity index (χ4n) is 0.711. The van der Waals surface area contributed by atoms with E-state index in [1.54, 1.807) is 0 Å². The highest BCUT2D eigenvalue weighted by molar-refractivity contribution is 8.70. The van der Waals surface area contributed by atoms with Crippen LogP contribution in [0.3, 0.4) is 0 Å². The van der Waals surface area contributed by atoms with Gasteiger partial charge in [-0.3, -0.25) is 5.09 Å². The molecule has 0 saturated heterocycles. The van der Waals surface area contributed by atoms with Crippen LogP contribution < -0.4 is 5.09 Å². The Morgan fingerprint density at radius 1 is 1.45 bits per heavy atom. The summed E-state index contributed by atoms with van der Waals surface area (Å²) in [5, 5.41) is 1.97. The largest absolute Gasteiger partial charge is 0.284 e. The second-order valence-electron chi connectivity index (χ2n) is 3.42. The molecule has 0 bridgehead atoms. The molecule has 0 fully saturated rings. The number of rotatable bonds is 3. The van der Waals surface area contributed by atoms with Crippen molar-refractivity contribution < 1.29 is 0 Å². The van der Waals surface area contributed by atoms with Gasteiger partial charge in [-0.25, -0.2) is 0 Å². The molecule has 0 aromatic heterocycles. The van der Waals surface area contributed by atoms with Gasteiger partial charge in [0, 0.05) is 4.75 Å². The molecule has 0 radical (unpaired) electrons. The van der Waals surface area contributed by atoms with Crippen molar-refractivity contribution in [3.05, 3.63) is 0 Å². The summed E-state index contributed by atoms with van der Waals surface area (Å²) in [6.07, 6.45) is 1.08. The van der Waals surface area contributed by atoms with Crippen molar-refractivity contribution in [2.24, 2.45) is 0 Å². The first-order chi connectivity index (χ1) is 4.83. The van der Waals surface area contributed by atoms with Crippen molar-refractivity contribution in [2.75, 3.05) is 13.2 Å². The summed E-state index contributed by atoms with van der Waals surface area (Å²) in [4.78, 5) is 0. The maximum absolute atomic E-state index is 5.52. The van der Waals surface area contributed by atoms with Crippen LogP contribution >= 0.6 is 16.8 Å². The molecule has 11 heavy (non-hydrogen) atoms. The van der Waals surface area contributed by atoms with E-state index >= 15 is 0 Å². The van der Waals surface area contributed by atoms with Crippen LogP contribution in [0.2, 0.25) is 0 Å². The predicted octanol–water partition coefficient (Wildman–Crippen LogP) is 3.07. The molecule has 0 aliphatic heterocycles. The number of nitrogens with one attached hydrogen (secondary N) is 1. The van der Waals surface area contributed by atoms with Gasteiger partial charge in [-0.2, -0.15) is 0 Å². The lowest BCUT2D eigenvalue weighted by atomic mass is 10.3. The van der Waals surface area contributed by atoms with Gasteiger partial charge < -0.3 is 0 Å². The third-order valence-corrected chi connectivity index (χ3v) is 9.38. The molecule has 1 atom stereocenters. The molecule has 68 valence electrons. The van der Waals surface area contributed by atoms with E-state index in [-0.39, 0.29) is 4.75 Å². The van der Waals surface area contributed by atoms with Gasteiger partial charge in [-0.1, -0.05) is 39.5 Å². The van der Waals surface area contributed by atoms with Gasteiger partial charge in [-0.05, 0) is 13.2 Å². The summed E-state index contributed by atoms with van der Waals surface area (Å²) in [7, 11) is 1.98. The van der Waals surface area contributed by atoms with Crippen molar-refractivity contribution >= 4 is 28.6 Å². The zero-order valence-electron chi connectivity index (χ0n) is 7.97. The second-order valence-corrected chi connectivity index (χ2v) is 12.2. The summed E-state index contributed by atoms with van der Waals surface area (Å²) in [5.74, 6) is 0. The summed E-state index contributed by atoms with van der Waals surface area (Å²) in [6.45, 7) is 8.80. The minimum Gasteiger partial charge on any atom is -0.284 e. The topological polar surface area (TPSA) is 12.0 Å². The van der Waals surface area contributed by atoms with Crippen LogP contribution in [0, 0.1) is 0 Å². The van der Waals surface area contributed by atoms with Crippen LogP contribution in [0.25, 0.3) is 0 Å². The molecular weight excluding hydrogens is 193 g/mol. The van der Waals surface area contributed by atoms with Gasteiger partial charge in [0.25, 0.3) is 0 Å². The third kappa shape index (κ3) is 5.24. The lowest BCUT2D eigenvalue weighted by Crippen LogP contribution is -2.12. The Hall–Kier alpha value is 0.960. The Kier molecular flexibility index (Phi) is 4.64. The van der Waals surface area contributed by atoms with Crippen molar-refractivity contribution in [3.8, 4) is 0 Å². The third-order valence-electron chi connectivity index (χ3n) is 1.18. The first-order valence-corrected chi connectivity index (χ1v) is 8.23. The van der Waals surface area contributed by atoms with Crippen LogP contribution in [0.4, 0.5) is 0 Å². The van der Waals surface area contributed by atoms with E-state index in [4.69, 9.17) is 11.8 Å². The average Bonchev–Trinajstić information content (AvgIpc) is 1.84. The molecule has 0 aromatic carbocycles. The zero-order valence-corrected chi connectivity index (χ0v) is 10.5. The molecule has 0 rings (SSSR count). The van der Waals surface area contributed by atoms with Gasteiger partial charge in [0.05, 0.1) is 5.39 Å². The van der Waals surface area contributed by atoms with Crippen LogP contribution in [-0.2, 0) is 11.8 Å². The SMILES string of the molecule is CCP(=S)(NC)SC(C)(C)C. The highest BCUT2D eigenvalue weighted by atomic mass is 32.9. The molecule has 0 aliphatic rings. The Morgan fingerprint density at radius 3 is 2.00 bits per heavy atom. The number of hydrogen-bond donors (Lipinski definition) is 1. The quantitative estimate of drug-likeness (QED) is 0.721. The lowest BCUT2D eigenvalue weighted by molar-refractivity contribution is 0.809. The van der Waals surface area contributed by atoms with Crippen molar-refractivity contribution in [2.45, 2.75) is 32.4 Å². The Labute approximate surface area is 79.5 Å². The van der Waals surface area contributed by atoms with Crippen molar-refractivity contribution in [3.63, 3.8) is 0 Å². The monoisotopic (exact) mass is 211 g/mol. The maximum Gasteiger partial charge on any atom is 0.0643 e. The predicted molar refractivity (Wildman–Crippen MR) is 61.2 cm³/mol. The highest BCUT2D eigenvalue weighted by Crippen LogP contribution is 2.59. The Morgan fingerprint density at radius 2 is 1.91 bits per heavy atom. The smallest absolute Gasteiger partial charge is 0.0643 e. The highest BCUT2D eigenvalue weighted by Gasteiger charge is 2.21. The first-order valence-electron chi connectivity index (χ1n) is 3.82. The van der Waals surface area contributed by atoms with E-state index in [0.29, 0.717) is 0 Å². The molecule has 0 amide bonds. The Balaban J connectivity index is 4.21. The normalized spacial score (nSPS) is 17.9. The van der Waals surface area contributed by atoms with Gasteiger partial charge in [0.15, 0.2) is 0 Å². The summed E-state index contributed by atoms with van der Waals surface area (Å²) in [5.41, 5.74) is 0. The van der Waals surface area contributed by atoms with Crippen LogP contribution in [-0.4, -0.2) is 18.0 Å². The van der Waals surface area contributed by atoms with E-state index < -0.39 is 5.39 Å². The molecule has 1 unspecified atom stereocenters. The van der Waals surface area contributed by atoms with E-state index in [2.05, 4.69) is 32.8 Å². The van der Waals surface area contributed by atoms with E-state index in [9.17, 15) is 0 Å². The van der Waals surface area contributed by atoms with E-state index in [0.717, 1.165) is 6.16 Å². The summed E-state index contributed by atoms with van der Waals surface area (Å²) < 4.78 is 0.286. The standard InChI is InChI=1S/C7H18NPS2/c1-6-9(10,8-5)11-7(2,3)4/h6H2,1-5H3,(H,8,10). The molecule has 0 heterocycles. The average molecular weight is 211 g/mol. The molecule has 1 N–H and O–H groups in total. The zero-order chi connectivity index (χ0) is 9.12. The second kappa shape index (κ2) is 4.27. The minimum atomic E-state index is -1.30. The van der Waals surface area contributed by atoms with Gasteiger partial charge in [0.1, 0.15) is 0 Å². The van der Waals surface area contributed by atoms with Crippen LogP contribution in [0.5, 0.6) is 0 Å². The molecule has 4 heteroatoms. The fourth-order valence-corrected chi connectivity index (χ4v) is 7.46. The van der Waals surface area contributed by atoms with E-state index in [1.807, 2.05) is 18.4 Å². The summed E-state index contributed by atoms with van der Waals surface area (Å²) >= 11 is 7.43. The molecule has 0 saturated carbocycles. The Bertz CT molecular complexity index is 154. The lowest BCUT2D eigenvalue weighted by Gasteiger charge is -2.27.